The maximum Gasteiger partial charge on any atom is 0.153 e. The van der Waals surface area contributed by atoms with Gasteiger partial charge in [-0.2, -0.15) is 5.10 Å². The van der Waals surface area contributed by atoms with E-state index in [4.69, 9.17) is 0 Å². The molecule has 0 bridgehead atoms. The molecule has 0 aliphatic rings. The second kappa shape index (κ2) is 5.48. The fraction of sp³-hybridized carbons (Fsp3) is 0.417. The molecule has 6 nitrogen and oxygen atoms in total. The first kappa shape index (κ1) is 12.3. The van der Waals surface area contributed by atoms with Gasteiger partial charge in [0.25, 0.3) is 0 Å². The maximum absolute atomic E-state index is 4.38. The third kappa shape index (κ3) is 2.42. The molecule has 2 aromatic rings. The Kier molecular flexibility index (Phi) is 3.76. The van der Waals surface area contributed by atoms with E-state index in [0.717, 1.165) is 36.0 Å². The molecule has 0 aliphatic heterocycles. The van der Waals surface area contributed by atoms with Crippen LogP contribution in [0.25, 0.3) is 0 Å². The highest BCUT2D eigenvalue weighted by atomic mass is 15.3. The van der Waals surface area contributed by atoms with Crippen LogP contribution in [0.1, 0.15) is 19.4 Å². The Morgan fingerprint density at radius 1 is 1.22 bits per heavy atom. The molecular formula is C12H18N6. The first-order valence-corrected chi connectivity index (χ1v) is 6.10. The van der Waals surface area contributed by atoms with E-state index in [-0.39, 0.29) is 0 Å². The fourth-order valence-electron chi connectivity index (χ4n) is 1.80. The van der Waals surface area contributed by atoms with Crippen molar-refractivity contribution in [2.24, 2.45) is 0 Å². The average molecular weight is 246 g/mol. The number of aromatic nitrogens is 4. The largest absolute Gasteiger partial charge is 0.373 e. The van der Waals surface area contributed by atoms with Gasteiger partial charge in [-0.05, 0) is 13.3 Å². The van der Waals surface area contributed by atoms with Crippen LogP contribution < -0.4 is 10.6 Å². The fourth-order valence-corrected chi connectivity index (χ4v) is 1.80. The van der Waals surface area contributed by atoms with Crippen LogP contribution >= 0.6 is 0 Å². The van der Waals surface area contributed by atoms with E-state index in [9.17, 15) is 0 Å². The van der Waals surface area contributed by atoms with Crippen molar-refractivity contribution in [3.05, 3.63) is 24.2 Å². The molecule has 6 heteroatoms. The number of hydrogen-bond donors (Lipinski definition) is 2. The Bertz CT molecular complexity index is 519. The highest BCUT2D eigenvalue weighted by Gasteiger charge is 2.09. The van der Waals surface area contributed by atoms with Crippen LogP contribution in [0.5, 0.6) is 0 Å². The monoisotopic (exact) mass is 246 g/mol. The summed E-state index contributed by atoms with van der Waals surface area (Å²) >= 11 is 0. The number of nitrogens with zero attached hydrogens (tertiary/aromatic N) is 4. The lowest BCUT2D eigenvalue weighted by Crippen LogP contribution is -2.05. The minimum atomic E-state index is 0.798. The zero-order valence-corrected chi connectivity index (χ0v) is 10.9. The van der Waals surface area contributed by atoms with E-state index < -0.39 is 0 Å². The van der Waals surface area contributed by atoms with Crippen molar-refractivity contribution >= 4 is 17.5 Å². The molecule has 2 aromatic heterocycles. The molecule has 0 radical (unpaired) electrons. The van der Waals surface area contributed by atoms with E-state index in [1.807, 2.05) is 24.0 Å². The molecule has 18 heavy (non-hydrogen) atoms. The molecule has 0 saturated carbocycles. The topological polar surface area (TPSA) is 67.7 Å². The highest BCUT2D eigenvalue weighted by molar-refractivity contribution is 5.62. The van der Waals surface area contributed by atoms with E-state index in [1.165, 1.54) is 0 Å². The molecule has 0 unspecified atom stereocenters. The smallest absolute Gasteiger partial charge is 0.153 e. The van der Waals surface area contributed by atoms with Gasteiger partial charge in [-0.25, -0.2) is 9.97 Å². The zero-order chi connectivity index (χ0) is 13.0. The summed E-state index contributed by atoms with van der Waals surface area (Å²) in [7, 11) is 1.86. The van der Waals surface area contributed by atoms with E-state index in [1.54, 1.807) is 6.33 Å². The van der Waals surface area contributed by atoms with Crippen molar-refractivity contribution in [3.63, 3.8) is 0 Å². The standard InChI is InChI=1S/C12H18N6/c1-4-9-11(13-3)14-8-15-12(9)16-10-6-7-18(5-2)17-10/h6-8H,4-5H2,1-3H3,(H2,13,14,15,16,17). The summed E-state index contributed by atoms with van der Waals surface area (Å²) in [5.41, 5.74) is 1.06. The van der Waals surface area contributed by atoms with Crippen LogP contribution in [-0.4, -0.2) is 26.8 Å². The van der Waals surface area contributed by atoms with Gasteiger partial charge in [-0.3, -0.25) is 4.68 Å². The van der Waals surface area contributed by atoms with Crippen molar-refractivity contribution in [2.75, 3.05) is 17.7 Å². The van der Waals surface area contributed by atoms with Gasteiger partial charge >= 0.3 is 0 Å². The quantitative estimate of drug-likeness (QED) is 0.845. The molecule has 0 saturated heterocycles. The number of aryl methyl sites for hydroxylation is 1. The lowest BCUT2D eigenvalue weighted by Gasteiger charge is -2.11. The van der Waals surface area contributed by atoms with E-state index in [2.05, 4.69) is 39.5 Å². The predicted molar refractivity (Wildman–Crippen MR) is 72.1 cm³/mol. The summed E-state index contributed by atoms with van der Waals surface area (Å²) < 4.78 is 1.87. The highest BCUT2D eigenvalue weighted by Crippen LogP contribution is 2.22. The number of nitrogens with one attached hydrogen (secondary N) is 2. The van der Waals surface area contributed by atoms with Gasteiger partial charge in [0, 0.05) is 31.4 Å². The molecule has 0 spiro atoms. The van der Waals surface area contributed by atoms with Gasteiger partial charge in [-0.1, -0.05) is 6.92 Å². The zero-order valence-electron chi connectivity index (χ0n) is 10.9. The van der Waals surface area contributed by atoms with Gasteiger partial charge in [0.2, 0.25) is 0 Å². The van der Waals surface area contributed by atoms with Crippen LogP contribution in [0.4, 0.5) is 17.5 Å². The molecule has 96 valence electrons. The van der Waals surface area contributed by atoms with Gasteiger partial charge < -0.3 is 10.6 Å². The molecular weight excluding hydrogens is 228 g/mol. The van der Waals surface area contributed by atoms with Crippen LogP contribution in [0.3, 0.4) is 0 Å². The second-order valence-corrected chi connectivity index (χ2v) is 3.83. The molecule has 0 aliphatic carbocycles. The first-order valence-electron chi connectivity index (χ1n) is 6.10. The molecule has 0 aromatic carbocycles. The van der Waals surface area contributed by atoms with Crippen LogP contribution in [0.2, 0.25) is 0 Å². The number of hydrogen-bond acceptors (Lipinski definition) is 5. The minimum Gasteiger partial charge on any atom is -0.373 e. The van der Waals surface area contributed by atoms with Crippen molar-refractivity contribution in [2.45, 2.75) is 26.8 Å². The van der Waals surface area contributed by atoms with Gasteiger partial charge in [-0.15, -0.1) is 0 Å². The van der Waals surface area contributed by atoms with Crippen LogP contribution in [0, 0.1) is 0 Å². The van der Waals surface area contributed by atoms with Crippen molar-refractivity contribution < 1.29 is 0 Å². The van der Waals surface area contributed by atoms with Gasteiger partial charge in [0.05, 0.1) is 0 Å². The van der Waals surface area contributed by atoms with Crippen LogP contribution in [0.15, 0.2) is 18.6 Å². The summed E-state index contributed by atoms with van der Waals surface area (Å²) in [6, 6.07) is 1.93. The molecule has 2 N–H and O–H groups in total. The third-order valence-electron chi connectivity index (χ3n) is 2.75. The molecule has 2 heterocycles. The summed E-state index contributed by atoms with van der Waals surface area (Å²) in [6.07, 6.45) is 4.34. The lowest BCUT2D eigenvalue weighted by molar-refractivity contribution is 0.662. The molecule has 0 atom stereocenters. The Morgan fingerprint density at radius 2 is 2.00 bits per heavy atom. The maximum atomic E-state index is 4.38. The Morgan fingerprint density at radius 3 is 2.61 bits per heavy atom. The number of anilines is 3. The first-order chi connectivity index (χ1) is 8.78. The van der Waals surface area contributed by atoms with Crippen molar-refractivity contribution in [1.29, 1.82) is 0 Å². The Hall–Kier alpha value is -2.11. The Labute approximate surface area is 106 Å². The normalized spacial score (nSPS) is 10.4. The van der Waals surface area contributed by atoms with E-state index in [0.29, 0.717) is 0 Å². The van der Waals surface area contributed by atoms with Crippen molar-refractivity contribution in [1.82, 2.24) is 19.7 Å². The lowest BCUT2D eigenvalue weighted by atomic mass is 10.2. The summed E-state index contributed by atoms with van der Waals surface area (Å²) in [4.78, 5) is 8.48. The number of rotatable bonds is 5. The molecule has 0 amide bonds. The summed E-state index contributed by atoms with van der Waals surface area (Å²) in [5, 5.41) is 10.7. The summed E-state index contributed by atoms with van der Waals surface area (Å²) in [5.74, 6) is 2.45. The predicted octanol–water partition coefficient (Wildman–Crippen LogP) is 2.04. The van der Waals surface area contributed by atoms with Crippen molar-refractivity contribution in [3.8, 4) is 0 Å². The third-order valence-corrected chi connectivity index (χ3v) is 2.75. The molecule has 0 fully saturated rings. The van der Waals surface area contributed by atoms with Gasteiger partial charge in [0.15, 0.2) is 5.82 Å². The SMILES string of the molecule is CCc1c(NC)ncnc1Nc1ccn(CC)n1. The summed E-state index contributed by atoms with van der Waals surface area (Å²) in [6.45, 7) is 4.99. The second-order valence-electron chi connectivity index (χ2n) is 3.83. The minimum absolute atomic E-state index is 0.798. The Balaban J connectivity index is 2.28. The molecule has 2 rings (SSSR count). The average Bonchev–Trinajstić information content (AvgIpc) is 2.86. The van der Waals surface area contributed by atoms with Gasteiger partial charge in [0.1, 0.15) is 18.0 Å². The van der Waals surface area contributed by atoms with E-state index >= 15 is 0 Å². The van der Waals surface area contributed by atoms with Crippen LogP contribution in [-0.2, 0) is 13.0 Å².